The lowest BCUT2D eigenvalue weighted by Crippen LogP contribution is -2.25. The Hall–Kier alpha value is -2.02. The number of rotatable bonds is 3. The predicted octanol–water partition coefficient (Wildman–Crippen LogP) is 2.47. The summed E-state index contributed by atoms with van der Waals surface area (Å²) in [6.07, 6.45) is 0. The fourth-order valence-electron chi connectivity index (χ4n) is 1.78. The number of hydrogen-bond acceptors (Lipinski definition) is 3. The van der Waals surface area contributed by atoms with Crippen molar-refractivity contribution in [2.45, 2.75) is 32.7 Å². The van der Waals surface area contributed by atoms with Gasteiger partial charge in [-0.1, -0.05) is 26.8 Å². The largest absolute Gasteiger partial charge is 0.496 e. The maximum Gasteiger partial charge on any atom is 0.325 e. The number of nitrogens with zero attached hydrogens (tertiary/aromatic N) is 2. The van der Waals surface area contributed by atoms with Crippen LogP contribution in [0.1, 0.15) is 31.9 Å². The van der Waals surface area contributed by atoms with Crippen molar-refractivity contribution in [3.05, 3.63) is 29.3 Å². The van der Waals surface area contributed by atoms with E-state index < -0.39 is 5.91 Å². The zero-order valence-electron chi connectivity index (χ0n) is 12.2. The molecule has 0 aromatic heterocycles. The highest BCUT2D eigenvalue weighted by atomic mass is 16.5. The van der Waals surface area contributed by atoms with E-state index in [4.69, 9.17) is 10.00 Å². The van der Waals surface area contributed by atoms with Crippen LogP contribution in [0.25, 0.3) is 0 Å². The Morgan fingerprint density at radius 2 is 2.05 bits per heavy atom. The molecule has 0 unspecified atom stereocenters. The normalized spacial score (nSPS) is 10.7. The SMILES string of the molecule is COc1ccc(C(C)(C)C)cc1CN(C)C(=O)C#N. The van der Waals surface area contributed by atoms with Crippen molar-refractivity contribution >= 4 is 5.91 Å². The van der Waals surface area contributed by atoms with Crippen LogP contribution in [-0.4, -0.2) is 25.0 Å². The van der Waals surface area contributed by atoms with E-state index in [1.54, 1.807) is 20.2 Å². The fourth-order valence-corrected chi connectivity index (χ4v) is 1.78. The molecule has 0 heterocycles. The van der Waals surface area contributed by atoms with Crippen LogP contribution in [0.2, 0.25) is 0 Å². The Kier molecular flexibility index (Phi) is 4.55. The zero-order valence-corrected chi connectivity index (χ0v) is 12.2. The standard InChI is InChI=1S/C15H20N2O2/c1-15(2,3)12-6-7-13(19-5)11(8-12)10-17(4)14(18)9-16/h6-8H,10H2,1-5H3. The van der Waals surface area contributed by atoms with E-state index in [-0.39, 0.29) is 5.41 Å². The highest BCUT2D eigenvalue weighted by Gasteiger charge is 2.17. The first-order chi connectivity index (χ1) is 8.79. The van der Waals surface area contributed by atoms with Crippen LogP contribution in [-0.2, 0) is 16.8 Å². The summed E-state index contributed by atoms with van der Waals surface area (Å²) in [7, 11) is 3.20. The molecule has 1 rings (SSSR count). The average Bonchev–Trinajstić information content (AvgIpc) is 2.36. The third-order valence-electron chi connectivity index (χ3n) is 3.00. The van der Waals surface area contributed by atoms with E-state index >= 15 is 0 Å². The van der Waals surface area contributed by atoms with Gasteiger partial charge in [-0.05, 0) is 23.1 Å². The molecule has 0 saturated carbocycles. The van der Waals surface area contributed by atoms with E-state index in [2.05, 4.69) is 20.8 Å². The second-order valence-electron chi connectivity index (χ2n) is 5.55. The lowest BCUT2D eigenvalue weighted by atomic mass is 9.86. The summed E-state index contributed by atoms with van der Waals surface area (Å²) in [5.74, 6) is 0.175. The average molecular weight is 260 g/mol. The Morgan fingerprint density at radius 3 is 2.53 bits per heavy atom. The van der Waals surface area contributed by atoms with Crippen LogP contribution >= 0.6 is 0 Å². The van der Waals surface area contributed by atoms with Crippen molar-refractivity contribution in [3.8, 4) is 11.8 Å². The topological polar surface area (TPSA) is 53.3 Å². The van der Waals surface area contributed by atoms with Crippen molar-refractivity contribution in [1.29, 1.82) is 5.26 Å². The van der Waals surface area contributed by atoms with Crippen molar-refractivity contribution in [3.63, 3.8) is 0 Å². The Morgan fingerprint density at radius 1 is 1.42 bits per heavy atom. The van der Waals surface area contributed by atoms with E-state index in [1.165, 1.54) is 10.5 Å². The number of benzene rings is 1. The Balaban J connectivity index is 3.11. The van der Waals surface area contributed by atoms with E-state index in [1.807, 2.05) is 18.2 Å². The van der Waals surface area contributed by atoms with Crippen LogP contribution in [0.15, 0.2) is 18.2 Å². The maximum absolute atomic E-state index is 11.3. The molecular formula is C15H20N2O2. The molecule has 1 aromatic rings. The first-order valence-electron chi connectivity index (χ1n) is 6.12. The third-order valence-corrected chi connectivity index (χ3v) is 3.00. The predicted molar refractivity (Wildman–Crippen MR) is 73.8 cm³/mol. The summed E-state index contributed by atoms with van der Waals surface area (Å²) in [6.45, 7) is 6.74. The molecule has 0 aliphatic carbocycles. The molecule has 0 aliphatic heterocycles. The molecule has 0 aliphatic rings. The van der Waals surface area contributed by atoms with Gasteiger partial charge >= 0.3 is 5.91 Å². The summed E-state index contributed by atoms with van der Waals surface area (Å²) in [5, 5.41) is 8.62. The lowest BCUT2D eigenvalue weighted by Gasteiger charge is -2.22. The Bertz CT molecular complexity index is 510. The van der Waals surface area contributed by atoms with Crippen molar-refractivity contribution in [2.24, 2.45) is 0 Å². The Labute approximate surface area is 114 Å². The summed E-state index contributed by atoms with van der Waals surface area (Å²) in [6, 6.07) is 7.57. The number of methoxy groups -OCH3 is 1. The summed E-state index contributed by atoms with van der Waals surface area (Å²) < 4.78 is 5.31. The minimum atomic E-state index is -0.553. The molecule has 102 valence electrons. The van der Waals surface area contributed by atoms with E-state index in [9.17, 15) is 4.79 Å². The van der Waals surface area contributed by atoms with Crippen LogP contribution in [0.3, 0.4) is 0 Å². The highest BCUT2D eigenvalue weighted by Crippen LogP contribution is 2.28. The monoisotopic (exact) mass is 260 g/mol. The minimum Gasteiger partial charge on any atom is -0.496 e. The first-order valence-corrected chi connectivity index (χ1v) is 6.12. The third kappa shape index (κ3) is 3.72. The summed E-state index contributed by atoms with van der Waals surface area (Å²) in [5.41, 5.74) is 2.10. The van der Waals surface area contributed by atoms with Crippen LogP contribution < -0.4 is 4.74 Å². The molecule has 4 nitrogen and oxygen atoms in total. The zero-order chi connectivity index (χ0) is 14.6. The van der Waals surface area contributed by atoms with Crippen LogP contribution in [0.5, 0.6) is 5.75 Å². The molecule has 0 radical (unpaired) electrons. The number of nitriles is 1. The minimum absolute atomic E-state index is 0.0266. The molecule has 0 fully saturated rings. The van der Waals surface area contributed by atoms with Crippen LogP contribution in [0.4, 0.5) is 0 Å². The van der Waals surface area contributed by atoms with E-state index in [0.29, 0.717) is 6.54 Å². The molecule has 0 N–H and O–H groups in total. The molecule has 0 saturated heterocycles. The van der Waals surface area contributed by atoms with Gasteiger partial charge in [0.1, 0.15) is 5.75 Å². The molecule has 0 spiro atoms. The molecule has 1 amide bonds. The van der Waals surface area contributed by atoms with Gasteiger partial charge in [0.15, 0.2) is 6.07 Å². The molecule has 19 heavy (non-hydrogen) atoms. The molecule has 4 heteroatoms. The van der Waals surface area contributed by atoms with Crippen molar-refractivity contribution in [2.75, 3.05) is 14.2 Å². The van der Waals surface area contributed by atoms with Crippen LogP contribution in [0, 0.1) is 11.3 Å². The van der Waals surface area contributed by atoms with Gasteiger partial charge in [0.25, 0.3) is 0 Å². The smallest absolute Gasteiger partial charge is 0.325 e. The number of amides is 1. The molecular weight excluding hydrogens is 240 g/mol. The number of carbonyl (C=O) groups is 1. The van der Waals surface area contributed by atoms with Gasteiger partial charge < -0.3 is 9.64 Å². The number of carbonyl (C=O) groups excluding carboxylic acids is 1. The quantitative estimate of drug-likeness (QED) is 0.784. The summed E-state index contributed by atoms with van der Waals surface area (Å²) in [4.78, 5) is 12.7. The van der Waals surface area contributed by atoms with Crippen molar-refractivity contribution in [1.82, 2.24) is 4.90 Å². The number of ether oxygens (including phenoxy) is 1. The second kappa shape index (κ2) is 5.75. The second-order valence-corrected chi connectivity index (χ2v) is 5.55. The molecule has 1 aromatic carbocycles. The fraction of sp³-hybridized carbons (Fsp3) is 0.467. The first kappa shape index (κ1) is 15.0. The van der Waals surface area contributed by atoms with Gasteiger partial charge in [0.2, 0.25) is 0 Å². The lowest BCUT2D eigenvalue weighted by molar-refractivity contribution is -0.124. The number of hydrogen-bond donors (Lipinski definition) is 0. The van der Waals surface area contributed by atoms with Gasteiger partial charge in [-0.25, -0.2) is 0 Å². The highest BCUT2D eigenvalue weighted by molar-refractivity contribution is 5.90. The molecule has 0 bridgehead atoms. The van der Waals surface area contributed by atoms with Gasteiger partial charge in [-0.15, -0.1) is 0 Å². The molecule has 0 atom stereocenters. The van der Waals surface area contributed by atoms with Gasteiger partial charge in [0.05, 0.1) is 7.11 Å². The van der Waals surface area contributed by atoms with Crippen molar-refractivity contribution < 1.29 is 9.53 Å². The maximum atomic E-state index is 11.3. The van der Waals surface area contributed by atoms with Gasteiger partial charge in [-0.2, -0.15) is 5.26 Å². The van der Waals surface area contributed by atoms with Gasteiger partial charge in [0, 0.05) is 19.2 Å². The van der Waals surface area contributed by atoms with E-state index in [0.717, 1.165) is 11.3 Å². The van der Waals surface area contributed by atoms with Gasteiger partial charge in [-0.3, -0.25) is 4.79 Å². The summed E-state index contributed by atoms with van der Waals surface area (Å²) >= 11 is 0.